The van der Waals surface area contributed by atoms with Gasteiger partial charge in [0.25, 0.3) is 5.60 Å². The van der Waals surface area contributed by atoms with Gasteiger partial charge in [-0.05, 0) is 36.1 Å². The molecular weight excluding hydrogens is 636 g/mol. The van der Waals surface area contributed by atoms with Crippen LogP contribution in [0.15, 0.2) is 29.8 Å². The number of carbonyl (C=O) groups excluding carboxylic acids is 5. The minimum atomic E-state index is -2.55. The number of fused-ring (bicyclic) bond motifs is 3. The number of phenols is 2. The molecule has 2 aromatic rings. The number of aliphatic hydroxyl groups is 3. The third kappa shape index (κ3) is 4.83. The lowest BCUT2D eigenvalue weighted by atomic mass is 9.69. The molecule has 2 aromatic carbocycles. The van der Waals surface area contributed by atoms with Crippen LogP contribution in [0.25, 0.3) is 16.9 Å². The zero-order valence-corrected chi connectivity index (χ0v) is 26.6. The Morgan fingerprint density at radius 1 is 0.917 bits per heavy atom. The second-order valence-electron chi connectivity index (χ2n) is 12.1. The van der Waals surface area contributed by atoms with E-state index in [1.54, 1.807) is 0 Å². The van der Waals surface area contributed by atoms with Gasteiger partial charge in [0.05, 0.1) is 39.7 Å². The van der Waals surface area contributed by atoms with Gasteiger partial charge in [-0.3, -0.25) is 14.4 Å². The van der Waals surface area contributed by atoms with Gasteiger partial charge in [-0.25, -0.2) is 9.59 Å². The molecule has 0 spiro atoms. The third-order valence-electron chi connectivity index (χ3n) is 9.16. The van der Waals surface area contributed by atoms with E-state index in [0.29, 0.717) is 0 Å². The number of rotatable bonds is 7. The quantitative estimate of drug-likeness (QED) is 0.209. The molecule has 0 amide bonds. The minimum Gasteiger partial charge on any atom is -0.507 e. The molecule has 2 aliphatic heterocycles. The Bertz CT molecular complexity index is 1780. The van der Waals surface area contributed by atoms with Crippen molar-refractivity contribution in [3.63, 3.8) is 0 Å². The van der Waals surface area contributed by atoms with Crippen molar-refractivity contribution in [2.75, 3.05) is 21.3 Å². The van der Waals surface area contributed by atoms with Gasteiger partial charge in [0.2, 0.25) is 5.60 Å². The number of benzene rings is 2. The number of aromatic hydroxyl groups is 2. The van der Waals surface area contributed by atoms with Gasteiger partial charge < -0.3 is 49.2 Å². The lowest BCUT2D eigenvalue weighted by Gasteiger charge is -2.45. The molecule has 5 rings (SSSR count). The monoisotopic (exact) mass is 670 g/mol. The smallest absolute Gasteiger partial charge is 0.358 e. The van der Waals surface area contributed by atoms with Gasteiger partial charge in [-0.2, -0.15) is 0 Å². The van der Waals surface area contributed by atoms with Crippen molar-refractivity contribution in [3.8, 4) is 34.1 Å². The van der Waals surface area contributed by atoms with Gasteiger partial charge in [0.1, 0.15) is 52.1 Å². The van der Waals surface area contributed by atoms with E-state index in [-0.39, 0.29) is 29.7 Å². The largest absolute Gasteiger partial charge is 0.507 e. The summed E-state index contributed by atoms with van der Waals surface area (Å²) in [6.07, 6.45) is -4.84. The number of ketones is 2. The second-order valence-corrected chi connectivity index (χ2v) is 12.1. The molecule has 1 fully saturated rings. The summed E-state index contributed by atoms with van der Waals surface area (Å²) < 4.78 is 26.4. The summed E-state index contributed by atoms with van der Waals surface area (Å²) in [5.41, 5.74) is -6.56. The molecule has 2 heterocycles. The van der Waals surface area contributed by atoms with E-state index in [1.165, 1.54) is 32.0 Å². The average molecular weight is 671 g/mol. The minimum absolute atomic E-state index is 0.0980. The van der Waals surface area contributed by atoms with Crippen LogP contribution < -0.4 is 9.47 Å². The number of esters is 3. The van der Waals surface area contributed by atoms with E-state index >= 15 is 0 Å². The first-order valence-corrected chi connectivity index (χ1v) is 14.8. The molecule has 6 unspecified atom stereocenters. The zero-order valence-electron chi connectivity index (χ0n) is 26.6. The fourth-order valence-corrected chi connectivity index (χ4v) is 6.70. The highest BCUT2D eigenvalue weighted by Gasteiger charge is 2.63. The normalized spacial score (nSPS) is 25.7. The average Bonchev–Trinajstić information content (AvgIpc) is 3.05. The lowest BCUT2D eigenvalue weighted by Crippen LogP contribution is -2.64. The summed E-state index contributed by atoms with van der Waals surface area (Å²) in [5, 5.41) is 56.1. The summed E-state index contributed by atoms with van der Waals surface area (Å²) in [4.78, 5) is 65.1. The summed E-state index contributed by atoms with van der Waals surface area (Å²) in [7, 11) is 3.16. The number of Topliss-reactive ketones (excluding diaryl/α,β-unsaturated/α-hetero) is 2. The molecule has 0 saturated heterocycles. The maximum absolute atomic E-state index is 13.7. The van der Waals surface area contributed by atoms with Gasteiger partial charge in [0, 0.05) is 17.5 Å². The Kier molecular flexibility index (Phi) is 8.65. The zero-order chi connectivity index (χ0) is 35.5. The van der Waals surface area contributed by atoms with Crippen LogP contribution in [0, 0.1) is 11.8 Å². The van der Waals surface area contributed by atoms with Crippen LogP contribution in [0.2, 0.25) is 0 Å². The maximum atomic E-state index is 13.7. The summed E-state index contributed by atoms with van der Waals surface area (Å²) in [6.45, 7) is 2.93. The molecule has 5 N–H and O–H groups in total. The Balaban J connectivity index is 1.67. The lowest BCUT2D eigenvalue weighted by molar-refractivity contribution is -0.176. The van der Waals surface area contributed by atoms with Crippen LogP contribution in [0.3, 0.4) is 0 Å². The van der Waals surface area contributed by atoms with Crippen molar-refractivity contribution in [1.82, 2.24) is 0 Å². The number of methoxy groups -OCH3 is 3. The van der Waals surface area contributed by atoms with Crippen LogP contribution in [0.5, 0.6) is 23.0 Å². The molecule has 0 bridgehead atoms. The first-order chi connectivity index (χ1) is 22.6. The Morgan fingerprint density at radius 3 is 2.19 bits per heavy atom. The Labute approximate surface area is 273 Å². The fourth-order valence-electron chi connectivity index (χ4n) is 6.70. The molecule has 256 valence electrons. The molecule has 0 aromatic heterocycles. The van der Waals surface area contributed by atoms with Crippen LogP contribution in [-0.4, -0.2) is 99.7 Å². The Hall–Kier alpha value is -5.15. The molecule has 3 aliphatic rings. The number of phenolic OH excluding ortho intramolecular Hbond substituents is 2. The number of hydrogen-bond acceptors (Lipinski definition) is 15. The molecule has 48 heavy (non-hydrogen) atoms. The second kappa shape index (κ2) is 12.1. The number of carbonyl (C=O) groups is 5. The number of aliphatic hydroxyl groups excluding tert-OH is 3. The molecule has 1 aliphatic carbocycles. The van der Waals surface area contributed by atoms with E-state index in [1.807, 2.05) is 0 Å². The van der Waals surface area contributed by atoms with E-state index in [0.717, 1.165) is 27.4 Å². The summed E-state index contributed by atoms with van der Waals surface area (Å²) in [6, 6.07) is 4.80. The van der Waals surface area contributed by atoms with E-state index in [4.69, 9.17) is 18.9 Å². The number of hydrogen-bond donors (Lipinski definition) is 5. The summed E-state index contributed by atoms with van der Waals surface area (Å²) >= 11 is 0. The Morgan fingerprint density at radius 2 is 1.56 bits per heavy atom. The van der Waals surface area contributed by atoms with Gasteiger partial charge >= 0.3 is 17.9 Å². The van der Waals surface area contributed by atoms with Crippen LogP contribution >= 0.6 is 0 Å². The van der Waals surface area contributed by atoms with E-state index < -0.39 is 111 Å². The van der Waals surface area contributed by atoms with Gasteiger partial charge in [-0.15, -0.1) is 0 Å². The molecule has 15 nitrogen and oxygen atoms in total. The van der Waals surface area contributed by atoms with Gasteiger partial charge in [0.15, 0.2) is 11.6 Å². The first-order valence-electron chi connectivity index (χ1n) is 14.8. The standard InChI is InChI=1S/C33H34O15/c1-13-10-18(35)24-26(39)23-17(34)8-6-16(27(23)48-33(24,29(13)41)31(43)46-5)15-7-9-20-22(25(15)38)19(36)12-32(47-20,30(42)45-4)28(40)14(2)11-21(37)44-3/h6-9,13-14,28-29,34,38-41H,10-12H2,1-5H3. The fraction of sp³-hybridized carbons (Fsp3) is 0.424. The maximum Gasteiger partial charge on any atom is 0.358 e. The van der Waals surface area contributed by atoms with Crippen LogP contribution in [0.1, 0.15) is 49.0 Å². The molecule has 6 atom stereocenters. The van der Waals surface area contributed by atoms with E-state index in [9.17, 15) is 49.5 Å². The summed E-state index contributed by atoms with van der Waals surface area (Å²) in [5.74, 6) is -9.29. The highest BCUT2D eigenvalue weighted by Crippen LogP contribution is 2.55. The predicted molar refractivity (Wildman–Crippen MR) is 161 cm³/mol. The molecule has 1 saturated carbocycles. The van der Waals surface area contributed by atoms with Crippen molar-refractivity contribution in [1.29, 1.82) is 0 Å². The van der Waals surface area contributed by atoms with Crippen LogP contribution in [0.4, 0.5) is 0 Å². The first kappa shape index (κ1) is 34.2. The molecular formula is C33H34O15. The number of ether oxygens (including phenoxy) is 5. The third-order valence-corrected chi connectivity index (χ3v) is 9.16. The van der Waals surface area contributed by atoms with Crippen molar-refractivity contribution >= 4 is 35.2 Å². The van der Waals surface area contributed by atoms with E-state index in [2.05, 4.69) is 4.74 Å². The predicted octanol–water partition coefficient (Wildman–Crippen LogP) is 1.75. The van der Waals surface area contributed by atoms with Crippen molar-refractivity contribution in [2.24, 2.45) is 11.8 Å². The SMILES string of the molecule is COC(=O)CC(C)C(O)C1(C(=O)OC)CC(=O)c2c(ccc(-c3ccc(O)c4c3OC3(C(=O)OC)C(=C4O)C(=O)CC(C)C3O)c2O)O1. The highest BCUT2D eigenvalue weighted by molar-refractivity contribution is 6.13. The van der Waals surface area contributed by atoms with Crippen molar-refractivity contribution in [2.45, 2.75) is 56.5 Å². The van der Waals surface area contributed by atoms with Gasteiger partial charge in [-0.1, -0.05) is 13.8 Å². The molecule has 0 radical (unpaired) electrons. The molecule has 15 heteroatoms. The van der Waals surface area contributed by atoms with Crippen LogP contribution in [-0.2, 0) is 33.4 Å². The highest BCUT2D eigenvalue weighted by atomic mass is 16.6. The van der Waals surface area contributed by atoms with Crippen molar-refractivity contribution in [3.05, 3.63) is 41.0 Å². The topological polar surface area (TPSA) is 233 Å². The van der Waals surface area contributed by atoms with Crippen molar-refractivity contribution < 1.29 is 73.2 Å².